The first-order chi connectivity index (χ1) is 9.13. The van der Waals surface area contributed by atoms with E-state index in [1.54, 1.807) is 19.1 Å². The van der Waals surface area contributed by atoms with E-state index < -0.39 is 5.97 Å². The number of benzene rings is 1. The van der Waals surface area contributed by atoms with Crippen LogP contribution in [0.2, 0.25) is 0 Å². The molecular weight excluding hydrogens is 244 g/mol. The summed E-state index contributed by atoms with van der Waals surface area (Å²) in [7, 11) is 0. The lowest BCUT2D eigenvalue weighted by Gasteiger charge is -2.22. The lowest BCUT2D eigenvalue weighted by molar-refractivity contribution is -0.142. The summed E-state index contributed by atoms with van der Waals surface area (Å²) >= 11 is 0. The average Bonchev–Trinajstić information content (AvgIpc) is 2.52. The first-order valence-electron chi connectivity index (χ1n) is 6.14. The zero-order chi connectivity index (χ0) is 13.8. The van der Waals surface area contributed by atoms with Crippen molar-refractivity contribution >= 4 is 17.6 Å². The van der Waals surface area contributed by atoms with Crippen LogP contribution in [0.1, 0.15) is 12.5 Å². The van der Waals surface area contributed by atoms with Crippen LogP contribution in [-0.2, 0) is 20.7 Å². The number of esters is 1. The summed E-state index contributed by atoms with van der Waals surface area (Å²) in [6.45, 7) is 1.89. The quantitative estimate of drug-likeness (QED) is 0.822. The average molecular weight is 260 g/mol. The Bertz CT molecular complexity index is 537. The van der Waals surface area contributed by atoms with Gasteiger partial charge < -0.3 is 10.5 Å². The molecule has 5 heteroatoms. The molecule has 0 saturated heterocycles. The van der Waals surface area contributed by atoms with Crippen molar-refractivity contribution in [2.45, 2.75) is 13.3 Å². The summed E-state index contributed by atoms with van der Waals surface area (Å²) in [4.78, 5) is 25.1. The van der Waals surface area contributed by atoms with Crippen molar-refractivity contribution in [2.24, 2.45) is 5.73 Å². The van der Waals surface area contributed by atoms with Crippen molar-refractivity contribution in [3.63, 3.8) is 0 Å². The number of hydrogen-bond donors (Lipinski definition) is 1. The Morgan fingerprint density at radius 2 is 2.16 bits per heavy atom. The van der Waals surface area contributed by atoms with E-state index in [0.29, 0.717) is 12.1 Å². The number of para-hydroxylation sites is 1. The highest BCUT2D eigenvalue weighted by atomic mass is 16.5. The van der Waals surface area contributed by atoms with Gasteiger partial charge in [-0.1, -0.05) is 24.3 Å². The minimum Gasteiger partial charge on any atom is -0.465 e. The molecular formula is C14H16N2O3. The van der Waals surface area contributed by atoms with Gasteiger partial charge in [0.15, 0.2) is 0 Å². The van der Waals surface area contributed by atoms with Crippen LogP contribution in [-0.4, -0.2) is 25.0 Å². The summed E-state index contributed by atoms with van der Waals surface area (Å²) in [6, 6.07) is 7.43. The molecule has 0 radical (unpaired) electrons. The number of fused-ring (bicyclic) bond motifs is 1. The number of anilines is 1. The van der Waals surface area contributed by atoms with Crippen LogP contribution >= 0.6 is 0 Å². The number of nitrogens with two attached hydrogens (primary N) is 1. The summed E-state index contributed by atoms with van der Waals surface area (Å²) in [5.74, 6) is -0.807. The number of amides is 1. The molecule has 1 aliphatic heterocycles. The van der Waals surface area contributed by atoms with E-state index in [4.69, 9.17) is 10.5 Å². The molecule has 100 valence electrons. The highest BCUT2D eigenvalue weighted by Crippen LogP contribution is 2.25. The Labute approximate surface area is 111 Å². The lowest BCUT2D eigenvalue weighted by Crippen LogP contribution is -2.39. The molecule has 1 heterocycles. The van der Waals surface area contributed by atoms with Crippen molar-refractivity contribution in [3.8, 4) is 0 Å². The van der Waals surface area contributed by atoms with Crippen molar-refractivity contribution in [3.05, 3.63) is 41.6 Å². The van der Waals surface area contributed by atoms with Gasteiger partial charge >= 0.3 is 5.97 Å². The Hall–Kier alpha value is -2.30. The molecule has 5 nitrogen and oxygen atoms in total. The summed E-state index contributed by atoms with van der Waals surface area (Å²) in [6.07, 6.45) is 2.25. The number of hydrogen-bond acceptors (Lipinski definition) is 4. The lowest BCUT2D eigenvalue weighted by atomic mass is 10.1. The minimum atomic E-state index is -0.444. The van der Waals surface area contributed by atoms with Crippen LogP contribution in [0.4, 0.5) is 5.69 Å². The van der Waals surface area contributed by atoms with Crippen molar-refractivity contribution in [1.82, 2.24) is 0 Å². The van der Waals surface area contributed by atoms with Crippen molar-refractivity contribution in [1.29, 1.82) is 0 Å². The predicted octanol–water partition coefficient (Wildman–Crippen LogP) is 0.981. The predicted molar refractivity (Wildman–Crippen MR) is 71.4 cm³/mol. The third-order valence-electron chi connectivity index (χ3n) is 2.91. The van der Waals surface area contributed by atoms with Gasteiger partial charge in [-0.15, -0.1) is 0 Å². The second kappa shape index (κ2) is 5.56. The van der Waals surface area contributed by atoms with E-state index in [1.807, 2.05) is 18.2 Å². The van der Waals surface area contributed by atoms with Gasteiger partial charge in [0.05, 0.1) is 12.3 Å². The molecule has 2 N–H and O–H groups in total. The third-order valence-corrected chi connectivity index (χ3v) is 2.91. The first kappa shape index (κ1) is 13.1. The minimum absolute atomic E-state index is 0.127. The van der Waals surface area contributed by atoms with Crippen molar-refractivity contribution < 1.29 is 14.3 Å². The molecule has 1 aromatic rings. The monoisotopic (exact) mass is 260 g/mol. The van der Waals surface area contributed by atoms with E-state index >= 15 is 0 Å². The third kappa shape index (κ3) is 2.76. The number of allylic oxidation sites excluding steroid dienone is 1. The van der Waals surface area contributed by atoms with Gasteiger partial charge in [0, 0.05) is 5.69 Å². The molecule has 1 amide bonds. The second-order valence-corrected chi connectivity index (χ2v) is 4.19. The normalized spacial score (nSPS) is 14.5. The number of nitrogens with zero attached hydrogens (tertiary/aromatic N) is 1. The zero-order valence-electron chi connectivity index (χ0n) is 10.8. The number of rotatable bonds is 3. The van der Waals surface area contributed by atoms with Crippen LogP contribution in [0.25, 0.3) is 0 Å². The van der Waals surface area contributed by atoms with E-state index in [9.17, 15) is 9.59 Å². The largest absolute Gasteiger partial charge is 0.465 e. The first-order valence-corrected chi connectivity index (χ1v) is 6.14. The molecule has 0 aromatic heterocycles. The molecule has 0 aliphatic carbocycles. The summed E-state index contributed by atoms with van der Waals surface area (Å²) in [5.41, 5.74) is 7.53. The molecule has 0 atom stereocenters. The van der Waals surface area contributed by atoms with Crippen LogP contribution in [0.5, 0.6) is 0 Å². The van der Waals surface area contributed by atoms with Crippen LogP contribution in [0.3, 0.4) is 0 Å². The van der Waals surface area contributed by atoms with E-state index in [1.165, 1.54) is 4.90 Å². The number of carbonyl (C=O) groups excluding carboxylic acids is 2. The molecule has 0 unspecified atom stereocenters. The second-order valence-electron chi connectivity index (χ2n) is 4.19. The summed E-state index contributed by atoms with van der Waals surface area (Å²) < 4.78 is 4.89. The van der Waals surface area contributed by atoms with Crippen LogP contribution in [0.15, 0.2) is 36.0 Å². The Kier molecular flexibility index (Phi) is 3.85. The molecule has 0 spiro atoms. The van der Waals surface area contributed by atoms with Gasteiger partial charge in [-0.25, -0.2) is 0 Å². The molecule has 1 aliphatic rings. The zero-order valence-corrected chi connectivity index (χ0v) is 10.8. The fourth-order valence-electron chi connectivity index (χ4n) is 2.01. The van der Waals surface area contributed by atoms with Gasteiger partial charge in [-0.05, 0) is 25.0 Å². The highest BCUT2D eigenvalue weighted by Gasteiger charge is 2.25. The number of ether oxygens (including phenoxy) is 1. The molecule has 0 fully saturated rings. The molecule has 2 rings (SSSR count). The van der Waals surface area contributed by atoms with Gasteiger partial charge in [-0.3, -0.25) is 14.5 Å². The molecule has 19 heavy (non-hydrogen) atoms. The van der Waals surface area contributed by atoms with E-state index in [2.05, 4.69) is 0 Å². The van der Waals surface area contributed by atoms with Gasteiger partial charge in [0.1, 0.15) is 6.54 Å². The van der Waals surface area contributed by atoms with Crippen molar-refractivity contribution in [2.75, 3.05) is 18.1 Å². The molecule has 1 aromatic carbocycles. The van der Waals surface area contributed by atoms with Gasteiger partial charge in [0.25, 0.3) is 5.91 Å². The maximum atomic E-state index is 12.2. The Morgan fingerprint density at radius 3 is 2.89 bits per heavy atom. The van der Waals surface area contributed by atoms with E-state index in [-0.39, 0.29) is 24.8 Å². The maximum absolute atomic E-state index is 12.2. The highest BCUT2D eigenvalue weighted by molar-refractivity contribution is 6.08. The van der Waals surface area contributed by atoms with Gasteiger partial charge in [0.2, 0.25) is 0 Å². The fourth-order valence-corrected chi connectivity index (χ4v) is 2.01. The summed E-state index contributed by atoms with van der Waals surface area (Å²) in [5, 5.41) is 0. The number of carbonyl (C=O) groups is 2. The maximum Gasteiger partial charge on any atom is 0.326 e. The Morgan fingerprint density at radius 1 is 1.42 bits per heavy atom. The SMILES string of the molecule is CCOC(=O)CN1C(=O)C(N)=CCc2ccccc21. The molecule has 0 bridgehead atoms. The van der Waals surface area contributed by atoms with Crippen LogP contribution < -0.4 is 10.6 Å². The van der Waals surface area contributed by atoms with Gasteiger partial charge in [-0.2, -0.15) is 0 Å². The molecule has 0 saturated carbocycles. The standard InChI is InChI=1S/C14H16N2O3/c1-2-19-13(17)9-16-12-6-4-3-5-10(12)7-8-11(15)14(16)18/h3-6,8H,2,7,9,15H2,1H3. The van der Waals surface area contributed by atoms with E-state index in [0.717, 1.165) is 5.56 Å². The smallest absolute Gasteiger partial charge is 0.326 e. The fraction of sp³-hybridized carbons (Fsp3) is 0.286. The van der Waals surface area contributed by atoms with Crippen LogP contribution in [0, 0.1) is 0 Å². The Balaban J connectivity index is 2.35. The topological polar surface area (TPSA) is 72.6 Å².